The lowest BCUT2D eigenvalue weighted by Gasteiger charge is -2.29. The molecule has 0 atom stereocenters. The third-order valence-electron chi connectivity index (χ3n) is 4.94. The summed E-state index contributed by atoms with van der Waals surface area (Å²) in [4.78, 5) is 27.8. The summed E-state index contributed by atoms with van der Waals surface area (Å²) in [6.07, 6.45) is 3.63. The van der Waals surface area contributed by atoms with E-state index in [4.69, 9.17) is 11.6 Å². The minimum absolute atomic E-state index is 0.0780. The molecule has 1 aromatic heterocycles. The summed E-state index contributed by atoms with van der Waals surface area (Å²) < 4.78 is 0. The first-order valence-corrected chi connectivity index (χ1v) is 11.1. The van der Waals surface area contributed by atoms with Crippen molar-refractivity contribution in [2.75, 3.05) is 28.6 Å². The van der Waals surface area contributed by atoms with Crippen LogP contribution in [-0.4, -0.2) is 24.9 Å². The van der Waals surface area contributed by atoms with E-state index in [9.17, 15) is 9.59 Å². The maximum Gasteiger partial charge on any atom is 0.266 e. The smallest absolute Gasteiger partial charge is 0.266 e. The van der Waals surface area contributed by atoms with Crippen molar-refractivity contribution in [3.05, 3.63) is 39.7 Å². The topological polar surface area (TPSA) is 61.4 Å². The zero-order chi connectivity index (χ0) is 21.2. The summed E-state index contributed by atoms with van der Waals surface area (Å²) in [7, 11) is 0. The van der Waals surface area contributed by atoms with Gasteiger partial charge in [-0.2, -0.15) is 0 Å². The number of amides is 2. The second-order valence-electron chi connectivity index (χ2n) is 8.49. The first-order chi connectivity index (χ1) is 13.6. The highest BCUT2D eigenvalue weighted by molar-refractivity contribution is 7.18. The highest BCUT2D eigenvalue weighted by Crippen LogP contribution is 2.32. The van der Waals surface area contributed by atoms with Crippen LogP contribution in [0.25, 0.3) is 0 Å². The molecule has 1 aliphatic heterocycles. The minimum atomic E-state index is -0.493. The summed E-state index contributed by atoms with van der Waals surface area (Å²) >= 11 is 7.77. The van der Waals surface area contributed by atoms with Gasteiger partial charge >= 0.3 is 0 Å². The van der Waals surface area contributed by atoms with E-state index in [1.54, 1.807) is 6.07 Å². The number of hydrogen-bond donors (Lipinski definition) is 2. The van der Waals surface area contributed by atoms with E-state index in [0.29, 0.717) is 20.6 Å². The van der Waals surface area contributed by atoms with Crippen molar-refractivity contribution < 1.29 is 9.59 Å². The fraction of sp³-hybridized carbons (Fsp3) is 0.455. The SMILES string of the molecule is Cc1cc(NC(=O)C(C)(C)C)sc1C(=O)Nc1ccc(N2CCCCC2)c(Cl)c1. The van der Waals surface area contributed by atoms with Crippen molar-refractivity contribution in [2.45, 2.75) is 47.0 Å². The number of carbonyl (C=O) groups excluding carboxylic acids is 2. The van der Waals surface area contributed by atoms with Crippen LogP contribution in [0.2, 0.25) is 5.02 Å². The predicted molar refractivity (Wildman–Crippen MR) is 123 cm³/mol. The fourth-order valence-electron chi connectivity index (χ4n) is 3.23. The van der Waals surface area contributed by atoms with E-state index < -0.39 is 5.41 Å². The first kappa shape index (κ1) is 21.7. The first-order valence-electron chi connectivity index (χ1n) is 9.93. The summed E-state index contributed by atoms with van der Waals surface area (Å²) in [6, 6.07) is 7.49. The molecule has 1 aliphatic rings. The summed E-state index contributed by atoms with van der Waals surface area (Å²) in [5.74, 6) is -0.281. The lowest BCUT2D eigenvalue weighted by atomic mass is 9.96. The van der Waals surface area contributed by atoms with Gasteiger partial charge in [-0.15, -0.1) is 11.3 Å². The molecule has 0 spiro atoms. The Kier molecular flexibility index (Phi) is 6.54. The third kappa shape index (κ3) is 5.31. The largest absolute Gasteiger partial charge is 0.370 e. The molecule has 0 radical (unpaired) electrons. The number of benzene rings is 1. The minimum Gasteiger partial charge on any atom is -0.370 e. The number of aryl methyl sites for hydroxylation is 1. The second kappa shape index (κ2) is 8.76. The van der Waals surface area contributed by atoms with E-state index >= 15 is 0 Å². The maximum absolute atomic E-state index is 12.8. The van der Waals surface area contributed by atoms with Crippen LogP contribution >= 0.6 is 22.9 Å². The van der Waals surface area contributed by atoms with Gasteiger partial charge in [-0.05, 0) is 56.0 Å². The molecule has 29 heavy (non-hydrogen) atoms. The van der Waals surface area contributed by atoms with Gasteiger partial charge in [-0.3, -0.25) is 9.59 Å². The van der Waals surface area contributed by atoms with Crippen LogP contribution in [0.5, 0.6) is 0 Å². The van der Waals surface area contributed by atoms with Crippen molar-refractivity contribution in [1.82, 2.24) is 0 Å². The number of nitrogens with zero attached hydrogens (tertiary/aromatic N) is 1. The highest BCUT2D eigenvalue weighted by atomic mass is 35.5. The maximum atomic E-state index is 12.8. The van der Waals surface area contributed by atoms with E-state index in [1.807, 2.05) is 45.9 Å². The molecular formula is C22H28ClN3O2S. The standard InChI is InChI=1S/C22H28ClN3O2S/c1-14-12-18(25-21(28)22(2,3)4)29-19(14)20(27)24-15-8-9-17(16(23)13-15)26-10-6-5-7-11-26/h8-9,12-13H,5-7,10-11H2,1-4H3,(H,24,27)(H,25,28). The molecule has 3 rings (SSSR count). The van der Waals surface area contributed by atoms with Crippen LogP contribution < -0.4 is 15.5 Å². The van der Waals surface area contributed by atoms with Crippen molar-refractivity contribution >= 4 is 51.1 Å². The fourth-order valence-corrected chi connectivity index (χ4v) is 4.50. The van der Waals surface area contributed by atoms with E-state index in [1.165, 1.54) is 30.6 Å². The summed E-state index contributed by atoms with van der Waals surface area (Å²) in [5, 5.41) is 7.13. The van der Waals surface area contributed by atoms with Crippen LogP contribution in [-0.2, 0) is 4.79 Å². The van der Waals surface area contributed by atoms with Crippen LogP contribution in [0.1, 0.15) is 55.3 Å². The summed E-state index contributed by atoms with van der Waals surface area (Å²) in [6.45, 7) is 9.46. The molecule has 0 bridgehead atoms. The molecular weight excluding hydrogens is 406 g/mol. The Balaban J connectivity index is 1.70. The molecule has 156 valence electrons. The van der Waals surface area contributed by atoms with Crippen molar-refractivity contribution in [3.63, 3.8) is 0 Å². The molecule has 0 unspecified atom stereocenters. The van der Waals surface area contributed by atoms with E-state index in [0.717, 1.165) is 24.3 Å². The molecule has 1 aromatic carbocycles. The van der Waals surface area contributed by atoms with Gasteiger partial charge in [0.2, 0.25) is 5.91 Å². The Morgan fingerprint density at radius 1 is 1.07 bits per heavy atom. The number of piperidine rings is 1. The number of rotatable bonds is 4. The Hall–Kier alpha value is -2.05. The molecule has 5 nitrogen and oxygen atoms in total. The molecule has 7 heteroatoms. The molecule has 2 amide bonds. The van der Waals surface area contributed by atoms with Gasteiger partial charge in [0.1, 0.15) is 0 Å². The molecule has 1 saturated heterocycles. The van der Waals surface area contributed by atoms with E-state index in [2.05, 4.69) is 15.5 Å². The Morgan fingerprint density at radius 2 is 1.76 bits per heavy atom. The van der Waals surface area contributed by atoms with E-state index in [-0.39, 0.29) is 11.8 Å². The number of nitrogens with one attached hydrogen (secondary N) is 2. The molecule has 2 aromatic rings. The van der Waals surface area contributed by atoms with Crippen LogP contribution in [0, 0.1) is 12.3 Å². The Morgan fingerprint density at radius 3 is 2.38 bits per heavy atom. The highest BCUT2D eigenvalue weighted by Gasteiger charge is 2.23. The van der Waals surface area contributed by atoms with Crippen LogP contribution in [0.4, 0.5) is 16.4 Å². The number of anilines is 3. The van der Waals surface area contributed by atoms with Crippen LogP contribution in [0.3, 0.4) is 0 Å². The predicted octanol–water partition coefficient (Wildman–Crippen LogP) is 5.94. The van der Waals surface area contributed by atoms with Crippen molar-refractivity contribution in [2.24, 2.45) is 5.41 Å². The number of halogens is 1. The Bertz CT molecular complexity index is 911. The van der Waals surface area contributed by atoms with Crippen molar-refractivity contribution in [1.29, 1.82) is 0 Å². The number of thiophene rings is 1. The van der Waals surface area contributed by atoms with Gasteiger partial charge in [0.25, 0.3) is 5.91 Å². The molecule has 0 saturated carbocycles. The van der Waals surface area contributed by atoms with Gasteiger partial charge < -0.3 is 15.5 Å². The monoisotopic (exact) mass is 433 g/mol. The average Bonchev–Trinajstić information content (AvgIpc) is 3.02. The molecule has 0 aliphatic carbocycles. The zero-order valence-electron chi connectivity index (χ0n) is 17.4. The van der Waals surface area contributed by atoms with Crippen LogP contribution in [0.15, 0.2) is 24.3 Å². The quantitative estimate of drug-likeness (QED) is 0.627. The van der Waals surface area contributed by atoms with Gasteiger partial charge in [0.05, 0.1) is 20.6 Å². The average molecular weight is 434 g/mol. The molecule has 1 fully saturated rings. The van der Waals surface area contributed by atoms with Gasteiger partial charge in [0, 0.05) is 24.2 Å². The second-order valence-corrected chi connectivity index (χ2v) is 9.95. The van der Waals surface area contributed by atoms with Crippen molar-refractivity contribution in [3.8, 4) is 0 Å². The van der Waals surface area contributed by atoms with Gasteiger partial charge in [-0.1, -0.05) is 32.4 Å². The molecule has 2 heterocycles. The Labute approximate surface area is 181 Å². The van der Waals surface area contributed by atoms with Gasteiger partial charge in [-0.25, -0.2) is 0 Å². The van der Waals surface area contributed by atoms with Gasteiger partial charge in [0.15, 0.2) is 0 Å². The molecule has 2 N–H and O–H groups in total. The lowest BCUT2D eigenvalue weighted by molar-refractivity contribution is -0.123. The zero-order valence-corrected chi connectivity index (χ0v) is 19.0. The third-order valence-corrected chi connectivity index (χ3v) is 6.40. The number of hydrogen-bond acceptors (Lipinski definition) is 4. The number of carbonyl (C=O) groups is 2. The normalized spacial score (nSPS) is 14.6. The lowest BCUT2D eigenvalue weighted by Crippen LogP contribution is -2.29. The summed E-state index contributed by atoms with van der Waals surface area (Å²) in [5.41, 5.74) is 2.01.